The quantitative estimate of drug-likeness (QED) is 0.823. The first-order chi connectivity index (χ1) is 6.72. The van der Waals surface area contributed by atoms with Crippen LogP contribution < -0.4 is 5.73 Å². The lowest BCUT2D eigenvalue weighted by atomic mass is 10.1. The number of thiophene rings is 1. The van der Waals surface area contributed by atoms with Crippen LogP contribution in [-0.4, -0.2) is 9.97 Å². The summed E-state index contributed by atoms with van der Waals surface area (Å²) >= 11 is 1.61. The maximum atomic E-state index is 5.85. The maximum absolute atomic E-state index is 5.85. The third-order valence-corrected chi connectivity index (χ3v) is 3.23. The summed E-state index contributed by atoms with van der Waals surface area (Å²) in [5.74, 6) is 1.84. The first-order valence-electron chi connectivity index (χ1n) is 4.73. The van der Waals surface area contributed by atoms with Gasteiger partial charge in [0.2, 0.25) is 0 Å². The average Bonchev–Trinajstić information content (AvgIpc) is 2.64. The summed E-state index contributed by atoms with van der Waals surface area (Å²) in [4.78, 5) is 9.81. The lowest BCUT2D eigenvalue weighted by Gasteiger charge is -2.07. The molecule has 2 heterocycles. The fourth-order valence-corrected chi connectivity index (χ4v) is 2.08. The fourth-order valence-electron chi connectivity index (χ4n) is 1.30. The molecule has 0 fully saturated rings. The van der Waals surface area contributed by atoms with Gasteiger partial charge >= 0.3 is 0 Å². The van der Waals surface area contributed by atoms with E-state index < -0.39 is 0 Å². The molecule has 0 aromatic carbocycles. The highest BCUT2D eigenvalue weighted by atomic mass is 32.1. The summed E-state index contributed by atoms with van der Waals surface area (Å²) < 4.78 is 0. The van der Waals surface area contributed by atoms with E-state index in [1.54, 1.807) is 11.3 Å². The zero-order valence-corrected chi connectivity index (χ0v) is 9.14. The smallest absolute Gasteiger partial charge is 0.135 e. The molecule has 0 amide bonds. The summed E-state index contributed by atoms with van der Waals surface area (Å²) in [6.07, 6.45) is 1.04. The number of hydrogen-bond acceptors (Lipinski definition) is 4. The van der Waals surface area contributed by atoms with Crippen LogP contribution in [0.1, 0.15) is 32.0 Å². The Hall–Kier alpha value is -1.16. The van der Waals surface area contributed by atoms with Crippen LogP contribution in [0, 0.1) is 0 Å². The molecule has 1 atom stereocenters. The minimum Gasteiger partial charge on any atom is -0.383 e. The predicted molar refractivity (Wildman–Crippen MR) is 60.5 cm³/mol. The Bertz CT molecular complexity index is 450. The van der Waals surface area contributed by atoms with E-state index in [0.29, 0.717) is 11.7 Å². The van der Waals surface area contributed by atoms with E-state index in [9.17, 15) is 0 Å². The van der Waals surface area contributed by atoms with Crippen molar-refractivity contribution < 1.29 is 0 Å². The van der Waals surface area contributed by atoms with Crippen LogP contribution in [0.2, 0.25) is 0 Å². The molecule has 0 bridgehead atoms. The van der Waals surface area contributed by atoms with Crippen molar-refractivity contribution in [2.45, 2.75) is 26.2 Å². The minimum atomic E-state index is 0.379. The second-order valence-corrected chi connectivity index (χ2v) is 4.31. The molecule has 0 aliphatic heterocycles. The van der Waals surface area contributed by atoms with Gasteiger partial charge in [0, 0.05) is 5.92 Å². The molecular formula is C10H13N3S. The summed E-state index contributed by atoms with van der Waals surface area (Å²) in [6.45, 7) is 4.25. The first kappa shape index (κ1) is 9.40. The molecule has 2 rings (SSSR count). The van der Waals surface area contributed by atoms with Crippen molar-refractivity contribution in [3.63, 3.8) is 0 Å². The lowest BCUT2D eigenvalue weighted by Crippen LogP contribution is -2.02. The molecule has 0 saturated carbocycles. The van der Waals surface area contributed by atoms with Crippen LogP contribution in [0.4, 0.5) is 5.82 Å². The Labute approximate surface area is 87.0 Å². The van der Waals surface area contributed by atoms with E-state index >= 15 is 0 Å². The van der Waals surface area contributed by atoms with Gasteiger partial charge in [0.05, 0.1) is 5.39 Å². The van der Waals surface area contributed by atoms with E-state index in [4.69, 9.17) is 5.73 Å². The highest BCUT2D eigenvalue weighted by Crippen LogP contribution is 2.25. The molecule has 2 aromatic rings. The molecule has 74 valence electrons. The van der Waals surface area contributed by atoms with E-state index in [2.05, 4.69) is 23.8 Å². The average molecular weight is 207 g/mol. The van der Waals surface area contributed by atoms with E-state index in [0.717, 1.165) is 22.5 Å². The number of hydrogen-bond donors (Lipinski definition) is 1. The van der Waals surface area contributed by atoms with Crippen LogP contribution in [0.25, 0.3) is 10.2 Å². The highest BCUT2D eigenvalue weighted by molar-refractivity contribution is 7.16. The summed E-state index contributed by atoms with van der Waals surface area (Å²) in [6, 6.07) is 1.97. The highest BCUT2D eigenvalue weighted by Gasteiger charge is 2.10. The maximum Gasteiger partial charge on any atom is 0.135 e. The topological polar surface area (TPSA) is 51.8 Å². The standard InChI is InChI=1S/C10H13N3S/c1-3-6(2)9-12-8(11)7-4-5-14-10(7)13-9/h4-6H,3H2,1-2H3,(H2,11,12,13). The molecule has 0 aliphatic rings. The Kier molecular flexibility index (Phi) is 2.37. The normalized spacial score (nSPS) is 13.3. The summed E-state index contributed by atoms with van der Waals surface area (Å²) in [5.41, 5.74) is 5.85. The van der Waals surface area contributed by atoms with E-state index in [-0.39, 0.29) is 0 Å². The monoisotopic (exact) mass is 207 g/mol. The molecule has 0 spiro atoms. The largest absolute Gasteiger partial charge is 0.383 e. The van der Waals surface area contributed by atoms with Gasteiger partial charge in [-0.3, -0.25) is 0 Å². The number of nitrogens with two attached hydrogens (primary N) is 1. The third-order valence-electron chi connectivity index (χ3n) is 2.42. The second-order valence-electron chi connectivity index (χ2n) is 3.42. The van der Waals surface area contributed by atoms with Crippen LogP contribution in [0.3, 0.4) is 0 Å². The molecule has 4 heteroatoms. The number of anilines is 1. The van der Waals surface area contributed by atoms with Crippen LogP contribution in [0.15, 0.2) is 11.4 Å². The third kappa shape index (κ3) is 1.46. The van der Waals surface area contributed by atoms with Gasteiger partial charge in [-0.2, -0.15) is 0 Å². The number of rotatable bonds is 2. The molecule has 2 N–H and O–H groups in total. The molecule has 0 aliphatic carbocycles. The van der Waals surface area contributed by atoms with Crippen molar-refractivity contribution in [3.8, 4) is 0 Å². The first-order valence-corrected chi connectivity index (χ1v) is 5.61. The number of nitrogen functional groups attached to an aromatic ring is 1. The molecule has 2 aromatic heterocycles. The van der Waals surface area contributed by atoms with Crippen molar-refractivity contribution in [3.05, 3.63) is 17.3 Å². The SMILES string of the molecule is CCC(C)c1nc(N)c2ccsc2n1. The molecule has 3 nitrogen and oxygen atoms in total. The van der Waals surface area contributed by atoms with Gasteiger partial charge in [-0.25, -0.2) is 9.97 Å². The van der Waals surface area contributed by atoms with Crippen molar-refractivity contribution in [1.29, 1.82) is 0 Å². The van der Waals surface area contributed by atoms with Crippen molar-refractivity contribution in [2.24, 2.45) is 0 Å². The van der Waals surface area contributed by atoms with Crippen molar-refractivity contribution >= 4 is 27.4 Å². The Morgan fingerprint density at radius 1 is 1.50 bits per heavy atom. The van der Waals surface area contributed by atoms with Crippen molar-refractivity contribution in [2.75, 3.05) is 5.73 Å². The zero-order chi connectivity index (χ0) is 10.1. The van der Waals surface area contributed by atoms with Crippen LogP contribution in [-0.2, 0) is 0 Å². The van der Waals surface area contributed by atoms with Crippen LogP contribution in [0.5, 0.6) is 0 Å². The number of aromatic nitrogens is 2. The van der Waals surface area contributed by atoms with Gasteiger partial charge < -0.3 is 5.73 Å². The Morgan fingerprint density at radius 2 is 2.29 bits per heavy atom. The molecule has 0 radical (unpaired) electrons. The van der Waals surface area contributed by atoms with Gasteiger partial charge in [0.1, 0.15) is 16.5 Å². The van der Waals surface area contributed by atoms with Gasteiger partial charge in [-0.1, -0.05) is 13.8 Å². The van der Waals surface area contributed by atoms with Crippen molar-refractivity contribution in [1.82, 2.24) is 9.97 Å². The number of nitrogens with zero attached hydrogens (tertiary/aromatic N) is 2. The molecule has 1 unspecified atom stereocenters. The van der Waals surface area contributed by atoms with E-state index in [1.807, 2.05) is 11.4 Å². The zero-order valence-electron chi connectivity index (χ0n) is 8.32. The molecule has 14 heavy (non-hydrogen) atoms. The summed E-state index contributed by atoms with van der Waals surface area (Å²) in [7, 11) is 0. The van der Waals surface area contributed by atoms with E-state index in [1.165, 1.54) is 0 Å². The lowest BCUT2D eigenvalue weighted by molar-refractivity contribution is 0.685. The molecular weight excluding hydrogens is 194 g/mol. The van der Waals surface area contributed by atoms with Gasteiger partial charge in [-0.05, 0) is 17.9 Å². The van der Waals surface area contributed by atoms with Gasteiger partial charge in [0.15, 0.2) is 0 Å². The molecule has 0 saturated heterocycles. The van der Waals surface area contributed by atoms with Gasteiger partial charge in [-0.15, -0.1) is 11.3 Å². The number of fused-ring (bicyclic) bond motifs is 1. The Balaban J connectivity index is 2.58. The minimum absolute atomic E-state index is 0.379. The Morgan fingerprint density at radius 3 is 3.00 bits per heavy atom. The van der Waals surface area contributed by atoms with Crippen LogP contribution >= 0.6 is 11.3 Å². The fraction of sp³-hybridized carbons (Fsp3) is 0.400. The summed E-state index contributed by atoms with van der Waals surface area (Å²) in [5, 5.41) is 2.97. The second kappa shape index (κ2) is 3.53. The van der Waals surface area contributed by atoms with Gasteiger partial charge in [0.25, 0.3) is 0 Å². The predicted octanol–water partition coefficient (Wildman–Crippen LogP) is 2.79.